The maximum absolute atomic E-state index is 14.7. The number of ether oxygens (including phenoxy) is 1. The molecule has 0 aromatic heterocycles. The molecule has 0 unspecified atom stereocenters. The summed E-state index contributed by atoms with van der Waals surface area (Å²) < 4.78 is 85.8. The SMILES string of the molecule is CCCCC1CCC(C2CCC(c3ccc(C(F)(F)Oc4ccc(C(F)(F)F)c(F)c4)cc3)CC2)CC1. The molecular formula is C30H36F6O. The molecule has 0 N–H and O–H groups in total. The molecule has 2 aliphatic carbocycles. The van der Waals surface area contributed by atoms with Crippen LogP contribution in [0.4, 0.5) is 26.3 Å². The van der Waals surface area contributed by atoms with Crippen molar-refractivity contribution in [1.82, 2.24) is 0 Å². The summed E-state index contributed by atoms with van der Waals surface area (Å²) in [7, 11) is 0. The van der Waals surface area contributed by atoms with Crippen molar-refractivity contribution < 1.29 is 31.1 Å². The smallest absolute Gasteiger partial charge is 0.426 e. The molecule has 7 heteroatoms. The van der Waals surface area contributed by atoms with Crippen LogP contribution in [0.1, 0.15) is 100 Å². The third-order valence-corrected chi connectivity index (χ3v) is 8.51. The van der Waals surface area contributed by atoms with E-state index >= 15 is 0 Å². The molecule has 2 aromatic carbocycles. The van der Waals surface area contributed by atoms with Crippen molar-refractivity contribution in [1.29, 1.82) is 0 Å². The molecule has 4 rings (SSSR count). The lowest BCUT2D eigenvalue weighted by Gasteiger charge is -2.38. The normalized spacial score (nSPS) is 25.2. The fraction of sp³-hybridized carbons (Fsp3) is 0.600. The highest BCUT2D eigenvalue weighted by Gasteiger charge is 2.38. The van der Waals surface area contributed by atoms with Gasteiger partial charge in [-0.15, -0.1) is 0 Å². The van der Waals surface area contributed by atoms with E-state index in [0.29, 0.717) is 24.1 Å². The van der Waals surface area contributed by atoms with Gasteiger partial charge in [-0.3, -0.25) is 0 Å². The van der Waals surface area contributed by atoms with Crippen LogP contribution in [0.5, 0.6) is 5.75 Å². The second-order valence-electron chi connectivity index (χ2n) is 10.9. The van der Waals surface area contributed by atoms with Crippen molar-refractivity contribution in [3.05, 3.63) is 65.0 Å². The topological polar surface area (TPSA) is 9.23 Å². The highest BCUT2D eigenvalue weighted by atomic mass is 19.4. The van der Waals surface area contributed by atoms with Crippen LogP contribution in [0.3, 0.4) is 0 Å². The zero-order valence-corrected chi connectivity index (χ0v) is 21.3. The first-order valence-corrected chi connectivity index (χ1v) is 13.6. The fourth-order valence-corrected chi connectivity index (χ4v) is 6.31. The van der Waals surface area contributed by atoms with E-state index in [4.69, 9.17) is 0 Å². The molecule has 204 valence electrons. The summed E-state index contributed by atoms with van der Waals surface area (Å²) in [6.07, 6.45) is 5.14. The highest BCUT2D eigenvalue weighted by molar-refractivity contribution is 5.33. The zero-order chi connectivity index (χ0) is 26.6. The number of benzene rings is 2. The second kappa shape index (κ2) is 11.7. The lowest BCUT2D eigenvalue weighted by Crippen LogP contribution is -2.25. The molecule has 0 radical (unpaired) electrons. The van der Waals surface area contributed by atoms with Crippen LogP contribution in [0.25, 0.3) is 0 Å². The molecule has 37 heavy (non-hydrogen) atoms. The number of hydrogen-bond donors (Lipinski definition) is 0. The van der Waals surface area contributed by atoms with Crippen molar-refractivity contribution in [3.8, 4) is 5.75 Å². The van der Waals surface area contributed by atoms with Gasteiger partial charge in [0, 0.05) is 6.07 Å². The minimum atomic E-state index is -4.91. The molecule has 2 fully saturated rings. The molecule has 0 saturated heterocycles. The van der Waals surface area contributed by atoms with Crippen LogP contribution >= 0.6 is 0 Å². The van der Waals surface area contributed by atoms with E-state index in [1.807, 2.05) is 0 Å². The summed E-state index contributed by atoms with van der Waals surface area (Å²) >= 11 is 0. The summed E-state index contributed by atoms with van der Waals surface area (Å²) in [4.78, 5) is 0. The molecule has 0 heterocycles. The molecule has 2 aromatic rings. The molecule has 1 nitrogen and oxygen atoms in total. The van der Waals surface area contributed by atoms with Crippen molar-refractivity contribution in [2.24, 2.45) is 17.8 Å². The van der Waals surface area contributed by atoms with Crippen LogP contribution < -0.4 is 4.74 Å². The predicted octanol–water partition coefficient (Wildman–Crippen LogP) is 10.2. The van der Waals surface area contributed by atoms with Gasteiger partial charge in [0.1, 0.15) is 11.6 Å². The first kappa shape index (κ1) is 27.8. The Labute approximate surface area is 215 Å². The number of halogens is 6. The highest BCUT2D eigenvalue weighted by Crippen LogP contribution is 2.45. The van der Waals surface area contributed by atoms with Gasteiger partial charge in [-0.1, -0.05) is 51.2 Å². The monoisotopic (exact) mass is 526 g/mol. The summed E-state index contributed by atoms with van der Waals surface area (Å²) in [5.74, 6) is 0.515. The van der Waals surface area contributed by atoms with E-state index in [1.54, 1.807) is 12.1 Å². The number of unbranched alkanes of at least 4 members (excludes halogenated alkanes) is 1. The number of alkyl halides is 5. The van der Waals surface area contributed by atoms with Gasteiger partial charge in [-0.25, -0.2) is 4.39 Å². The van der Waals surface area contributed by atoms with Crippen LogP contribution in [-0.4, -0.2) is 0 Å². The summed E-state index contributed by atoms with van der Waals surface area (Å²) in [5.41, 5.74) is -0.936. The summed E-state index contributed by atoms with van der Waals surface area (Å²) in [5, 5.41) is 0. The fourth-order valence-electron chi connectivity index (χ4n) is 6.31. The van der Waals surface area contributed by atoms with Crippen molar-refractivity contribution in [3.63, 3.8) is 0 Å². The molecular weight excluding hydrogens is 490 g/mol. The molecule has 0 amide bonds. The Hall–Kier alpha value is -2.18. The molecule has 2 aliphatic rings. The van der Waals surface area contributed by atoms with Crippen LogP contribution in [0.2, 0.25) is 0 Å². The Bertz CT molecular complexity index is 1000. The summed E-state index contributed by atoms with van der Waals surface area (Å²) in [6.45, 7) is 2.25. The van der Waals surface area contributed by atoms with Gasteiger partial charge in [-0.2, -0.15) is 22.0 Å². The largest absolute Gasteiger partial charge is 0.429 e. The van der Waals surface area contributed by atoms with Crippen LogP contribution in [-0.2, 0) is 12.3 Å². The Balaban J connectivity index is 1.30. The summed E-state index contributed by atoms with van der Waals surface area (Å²) in [6, 6.07) is 7.39. The van der Waals surface area contributed by atoms with Crippen LogP contribution in [0, 0.1) is 23.6 Å². The Morgan fingerprint density at radius 1 is 0.784 bits per heavy atom. The van der Waals surface area contributed by atoms with Gasteiger partial charge in [-0.05, 0) is 92.0 Å². The minimum Gasteiger partial charge on any atom is -0.429 e. The van der Waals surface area contributed by atoms with Gasteiger partial charge in [0.05, 0.1) is 11.1 Å². The van der Waals surface area contributed by atoms with Crippen molar-refractivity contribution >= 4 is 0 Å². The quantitative estimate of drug-likeness (QED) is 0.311. The van der Waals surface area contributed by atoms with Gasteiger partial charge in [0.2, 0.25) is 0 Å². The van der Waals surface area contributed by atoms with Gasteiger partial charge in [0.25, 0.3) is 0 Å². The number of hydrogen-bond acceptors (Lipinski definition) is 1. The molecule has 0 bridgehead atoms. The maximum Gasteiger partial charge on any atom is 0.426 e. The van der Waals surface area contributed by atoms with Crippen LogP contribution in [0.15, 0.2) is 42.5 Å². The lowest BCUT2D eigenvalue weighted by atomic mass is 9.68. The molecule has 0 atom stereocenters. The zero-order valence-electron chi connectivity index (χ0n) is 21.3. The minimum absolute atomic E-state index is 0.335. The second-order valence-corrected chi connectivity index (χ2v) is 10.9. The Kier molecular flexibility index (Phi) is 8.80. The van der Waals surface area contributed by atoms with E-state index in [0.717, 1.165) is 36.2 Å². The Morgan fingerprint density at radius 3 is 1.92 bits per heavy atom. The average Bonchev–Trinajstić information content (AvgIpc) is 2.87. The molecule has 0 aliphatic heterocycles. The molecule has 0 spiro atoms. The van der Waals surface area contributed by atoms with Crippen molar-refractivity contribution in [2.75, 3.05) is 0 Å². The van der Waals surface area contributed by atoms with E-state index < -0.39 is 35.0 Å². The first-order valence-electron chi connectivity index (χ1n) is 13.6. The average molecular weight is 527 g/mol. The lowest BCUT2D eigenvalue weighted by molar-refractivity contribution is -0.185. The van der Waals surface area contributed by atoms with E-state index in [1.165, 1.54) is 69.9 Å². The van der Waals surface area contributed by atoms with E-state index in [2.05, 4.69) is 11.7 Å². The standard InChI is InChI=1S/C30H36F6O/c1-2-3-4-20-5-7-21(8-6-20)22-9-11-23(12-10-22)24-13-15-25(16-14-24)30(35,36)37-26-17-18-27(28(31)19-26)29(32,33)34/h13-23H,2-12H2,1H3. The third-order valence-electron chi connectivity index (χ3n) is 8.51. The number of rotatable bonds is 8. The maximum atomic E-state index is 14.7. The first-order chi connectivity index (χ1) is 17.6. The molecule has 2 saturated carbocycles. The van der Waals surface area contributed by atoms with Crippen molar-refractivity contribution in [2.45, 2.75) is 95.8 Å². The third kappa shape index (κ3) is 7.02. The van der Waals surface area contributed by atoms with Gasteiger partial charge in [0.15, 0.2) is 0 Å². The predicted molar refractivity (Wildman–Crippen MR) is 132 cm³/mol. The van der Waals surface area contributed by atoms with E-state index in [9.17, 15) is 26.3 Å². The Morgan fingerprint density at radius 2 is 1.38 bits per heavy atom. The van der Waals surface area contributed by atoms with Gasteiger partial charge >= 0.3 is 12.3 Å². The van der Waals surface area contributed by atoms with Gasteiger partial charge < -0.3 is 4.74 Å². The van der Waals surface area contributed by atoms with E-state index in [-0.39, 0.29) is 0 Å².